The molecule has 116 valence electrons. The molecule has 22 heavy (non-hydrogen) atoms. The highest BCUT2D eigenvalue weighted by Gasteiger charge is 2.16. The predicted molar refractivity (Wildman–Crippen MR) is 91.0 cm³/mol. The van der Waals surface area contributed by atoms with Crippen molar-refractivity contribution in [3.63, 3.8) is 0 Å². The molecular formula is C15H17N3O2S2. The van der Waals surface area contributed by atoms with Crippen molar-refractivity contribution in [2.45, 2.75) is 18.6 Å². The van der Waals surface area contributed by atoms with Crippen molar-refractivity contribution in [2.75, 3.05) is 20.2 Å². The molecule has 0 radical (unpaired) electrons. The number of methoxy groups -OCH3 is 1. The van der Waals surface area contributed by atoms with Crippen molar-refractivity contribution in [2.24, 2.45) is 0 Å². The first kappa shape index (κ1) is 15.3. The van der Waals surface area contributed by atoms with E-state index in [0.717, 1.165) is 28.7 Å². The summed E-state index contributed by atoms with van der Waals surface area (Å²) >= 11 is 7.01. The van der Waals surface area contributed by atoms with Gasteiger partial charge in [-0.15, -0.1) is 0 Å². The molecule has 5 nitrogen and oxygen atoms in total. The van der Waals surface area contributed by atoms with E-state index >= 15 is 0 Å². The van der Waals surface area contributed by atoms with Crippen LogP contribution < -0.4 is 4.74 Å². The molecule has 0 N–H and O–H groups in total. The highest BCUT2D eigenvalue weighted by molar-refractivity contribution is 8.22. The summed E-state index contributed by atoms with van der Waals surface area (Å²) in [7, 11) is 1.64. The maximum Gasteiger partial charge on any atom is 0.237 e. The molecule has 0 saturated carbocycles. The zero-order valence-electron chi connectivity index (χ0n) is 12.3. The average molecular weight is 335 g/mol. The quantitative estimate of drug-likeness (QED) is 0.794. The largest absolute Gasteiger partial charge is 0.497 e. The molecule has 0 spiro atoms. The number of rotatable bonds is 4. The molecule has 0 atom stereocenters. The lowest BCUT2D eigenvalue weighted by Gasteiger charge is -2.16. The van der Waals surface area contributed by atoms with Crippen LogP contribution in [-0.4, -0.2) is 39.6 Å². The normalized spacial score (nSPS) is 14.3. The third kappa shape index (κ3) is 3.59. The molecule has 1 aromatic carbocycles. The fourth-order valence-corrected chi connectivity index (χ4v) is 3.40. The van der Waals surface area contributed by atoms with Crippen LogP contribution in [0.25, 0.3) is 11.4 Å². The molecule has 1 aliphatic heterocycles. The van der Waals surface area contributed by atoms with E-state index in [1.165, 1.54) is 12.8 Å². The lowest BCUT2D eigenvalue weighted by molar-refractivity contribution is 0.391. The van der Waals surface area contributed by atoms with Gasteiger partial charge < -0.3 is 14.2 Å². The fraction of sp³-hybridized carbons (Fsp3) is 0.400. The van der Waals surface area contributed by atoms with Gasteiger partial charge in [-0.3, -0.25) is 0 Å². The number of likely N-dealkylation sites (tertiary alicyclic amines) is 1. The summed E-state index contributed by atoms with van der Waals surface area (Å²) in [5.41, 5.74) is 0.876. The van der Waals surface area contributed by atoms with E-state index in [1.807, 2.05) is 24.3 Å². The van der Waals surface area contributed by atoms with Crippen molar-refractivity contribution < 1.29 is 9.26 Å². The van der Waals surface area contributed by atoms with Gasteiger partial charge >= 0.3 is 0 Å². The smallest absolute Gasteiger partial charge is 0.237 e. The standard InChI is InChI=1S/C15H17N3O2S2/c1-19-12-6-4-5-11(9-12)14-16-13(20-17-14)10-22-15(21)18-7-2-3-8-18/h4-6,9H,2-3,7-8,10H2,1H3. The molecule has 1 fully saturated rings. The number of aromatic nitrogens is 2. The summed E-state index contributed by atoms with van der Waals surface area (Å²) in [6.45, 7) is 2.12. The third-order valence-electron chi connectivity index (χ3n) is 3.48. The van der Waals surface area contributed by atoms with Gasteiger partial charge in [-0.05, 0) is 25.0 Å². The molecular weight excluding hydrogens is 318 g/mol. The molecule has 7 heteroatoms. The Labute approximate surface area is 139 Å². The molecule has 1 aliphatic rings. The molecule has 2 aromatic rings. The number of ether oxygens (including phenoxy) is 1. The maximum atomic E-state index is 5.43. The van der Waals surface area contributed by atoms with Crippen molar-refractivity contribution in [3.05, 3.63) is 30.2 Å². The number of nitrogens with zero attached hydrogens (tertiary/aromatic N) is 3. The molecule has 1 saturated heterocycles. The zero-order valence-corrected chi connectivity index (χ0v) is 14.0. The van der Waals surface area contributed by atoms with Crippen LogP contribution in [0.4, 0.5) is 0 Å². The van der Waals surface area contributed by atoms with Crippen molar-refractivity contribution in [1.82, 2.24) is 15.0 Å². The number of benzene rings is 1. The summed E-state index contributed by atoms with van der Waals surface area (Å²) in [4.78, 5) is 6.66. The predicted octanol–water partition coefficient (Wildman–Crippen LogP) is 3.36. The van der Waals surface area contributed by atoms with Crippen LogP contribution >= 0.6 is 24.0 Å². The van der Waals surface area contributed by atoms with Gasteiger partial charge in [0.15, 0.2) is 0 Å². The summed E-state index contributed by atoms with van der Waals surface area (Å²) < 4.78 is 11.4. The Hall–Kier alpha value is -1.60. The van der Waals surface area contributed by atoms with Crippen LogP contribution in [0, 0.1) is 0 Å². The van der Waals surface area contributed by atoms with Gasteiger partial charge in [0.2, 0.25) is 11.7 Å². The Kier molecular flexibility index (Phi) is 4.94. The number of hydrogen-bond acceptors (Lipinski definition) is 6. The highest BCUT2D eigenvalue weighted by atomic mass is 32.2. The fourth-order valence-electron chi connectivity index (χ4n) is 2.31. The topological polar surface area (TPSA) is 51.4 Å². The van der Waals surface area contributed by atoms with Crippen molar-refractivity contribution in [3.8, 4) is 17.1 Å². The summed E-state index contributed by atoms with van der Waals surface area (Å²) in [5.74, 6) is 2.53. The van der Waals surface area contributed by atoms with Gasteiger partial charge in [0.25, 0.3) is 0 Å². The van der Waals surface area contributed by atoms with E-state index < -0.39 is 0 Å². The minimum absolute atomic E-state index is 0.571. The van der Waals surface area contributed by atoms with Crippen molar-refractivity contribution >= 4 is 28.3 Å². The Morgan fingerprint density at radius 1 is 1.41 bits per heavy atom. The van der Waals surface area contributed by atoms with E-state index in [1.54, 1.807) is 18.9 Å². The van der Waals surface area contributed by atoms with Crippen LogP contribution in [0.1, 0.15) is 18.7 Å². The summed E-state index contributed by atoms with van der Waals surface area (Å²) in [6.07, 6.45) is 2.45. The maximum absolute atomic E-state index is 5.43. The lowest BCUT2D eigenvalue weighted by Crippen LogP contribution is -2.23. The Morgan fingerprint density at radius 2 is 2.23 bits per heavy atom. The van der Waals surface area contributed by atoms with E-state index in [0.29, 0.717) is 17.5 Å². The Bertz CT molecular complexity index is 654. The Morgan fingerprint density at radius 3 is 3.00 bits per heavy atom. The van der Waals surface area contributed by atoms with E-state index in [2.05, 4.69) is 15.0 Å². The molecule has 0 bridgehead atoms. The minimum atomic E-state index is 0.571. The first-order valence-corrected chi connectivity index (χ1v) is 8.54. The van der Waals surface area contributed by atoms with Gasteiger partial charge in [0, 0.05) is 18.7 Å². The van der Waals surface area contributed by atoms with Gasteiger partial charge in [-0.1, -0.05) is 41.3 Å². The average Bonchev–Trinajstić information content (AvgIpc) is 3.24. The first-order chi connectivity index (χ1) is 10.8. The monoisotopic (exact) mass is 335 g/mol. The van der Waals surface area contributed by atoms with Crippen LogP contribution in [0.3, 0.4) is 0 Å². The van der Waals surface area contributed by atoms with Gasteiger partial charge in [0.05, 0.1) is 12.9 Å². The second-order valence-electron chi connectivity index (χ2n) is 4.99. The molecule has 0 aliphatic carbocycles. The number of thioether (sulfide) groups is 1. The van der Waals surface area contributed by atoms with Gasteiger partial charge in [0.1, 0.15) is 10.1 Å². The van der Waals surface area contributed by atoms with Crippen LogP contribution in [0.2, 0.25) is 0 Å². The van der Waals surface area contributed by atoms with E-state index in [9.17, 15) is 0 Å². The molecule has 1 aromatic heterocycles. The van der Waals surface area contributed by atoms with E-state index in [4.69, 9.17) is 21.5 Å². The second-order valence-corrected chi connectivity index (χ2v) is 6.60. The molecule has 3 rings (SSSR count). The first-order valence-electron chi connectivity index (χ1n) is 7.15. The minimum Gasteiger partial charge on any atom is -0.497 e. The molecule has 2 heterocycles. The number of thiocarbonyl (C=S) groups is 1. The third-order valence-corrected chi connectivity index (χ3v) is 4.99. The van der Waals surface area contributed by atoms with Gasteiger partial charge in [-0.2, -0.15) is 4.98 Å². The highest BCUT2D eigenvalue weighted by Crippen LogP contribution is 2.23. The SMILES string of the molecule is COc1cccc(-c2noc(CSC(=S)N3CCCC3)n2)c1. The lowest BCUT2D eigenvalue weighted by atomic mass is 10.2. The van der Waals surface area contributed by atoms with Gasteiger partial charge in [-0.25, -0.2) is 0 Å². The van der Waals surface area contributed by atoms with Crippen LogP contribution in [-0.2, 0) is 5.75 Å². The van der Waals surface area contributed by atoms with Crippen LogP contribution in [0.5, 0.6) is 5.75 Å². The zero-order chi connectivity index (χ0) is 15.4. The summed E-state index contributed by atoms with van der Waals surface area (Å²) in [5, 5.41) is 4.03. The number of hydrogen-bond donors (Lipinski definition) is 0. The van der Waals surface area contributed by atoms with E-state index in [-0.39, 0.29) is 0 Å². The van der Waals surface area contributed by atoms with Crippen LogP contribution in [0.15, 0.2) is 28.8 Å². The second kappa shape index (κ2) is 7.11. The molecule has 0 unspecified atom stereocenters. The summed E-state index contributed by atoms with van der Waals surface area (Å²) in [6, 6.07) is 7.60. The molecule has 0 amide bonds. The van der Waals surface area contributed by atoms with Crippen molar-refractivity contribution in [1.29, 1.82) is 0 Å². The Balaban J connectivity index is 1.62.